The number of nitrogens with one attached hydrogen (secondary N) is 1. The summed E-state index contributed by atoms with van der Waals surface area (Å²) in [6, 6.07) is 22.3. The summed E-state index contributed by atoms with van der Waals surface area (Å²) in [5.74, 6) is -2.78. The van der Waals surface area contributed by atoms with E-state index in [0.717, 1.165) is 30.3 Å². The van der Waals surface area contributed by atoms with Crippen molar-refractivity contribution in [2.45, 2.75) is 9.79 Å². The first-order valence-corrected chi connectivity index (χ1v) is 18.5. The molecule has 284 valence electrons. The van der Waals surface area contributed by atoms with Crippen LogP contribution in [0, 0.1) is 0 Å². The highest BCUT2D eigenvalue weighted by atomic mass is 32.2. The predicted octanol–water partition coefficient (Wildman–Crippen LogP) is 8.24. The molecule has 0 radical (unpaired) electrons. The maximum Gasteiger partial charge on any atom is 0.296 e. The van der Waals surface area contributed by atoms with Gasteiger partial charge in [0.1, 0.15) is 32.6 Å². The fraction of sp³-hybridized carbons (Fsp3) is 0. The minimum absolute atomic E-state index is 0.0748. The Bertz CT molecular complexity index is 2830. The molecule has 0 unspecified atom stereocenters. The molecule has 0 atom stereocenters. The standard InChI is InChI=1S/C35H26N8O11S2/c36-32-26(17-29(55(49,50)51)23-11-13-25(34(47)31(23)32)41-38-19-4-2-1-3-5-19)42-40-24-12-10-21(14-30(24)56(52,53)54)37-35(48)18-6-8-20(9-7-18)39-43-33-27(45)15-22(44)16-28(33)46/h1-17,44-47H,36H2,(H,37,48)(H,49,50,51)(H,52,53,54). The Labute approximate surface area is 316 Å². The molecule has 0 aliphatic heterocycles. The van der Waals surface area contributed by atoms with Crippen LogP contribution in [0.3, 0.4) is 0 Å². The van der Waals surface area contributed by atoms with Crippen molar-refractivity contribution in [2.75, 3.05) is 11.1 Å². The first kappa shape index (κ1) is 38.4. The number of phenols is 4. The third-order valence-electron chi connectivity index (χ3n) is 7.75. The smallest absolute Gasteiger partial charge is 0.296 e. The van der Waals surface area contributed by atoms with Gasteiger partial charge in [0.25, 0.3) is 26.1 Å². The second-order valence-electron chi connectivity index (χ2n) is 11.6. The fourth-order valence-corrected chi connectivity index (χ4v) is 6.48. The second-order valence-corrected chi connectivity index (χ2v) is 14.3. The van der Waals surface area contributed by atoms with E-state index in [1.807, 2.05) is 0 Å². The number of azo groups is 3. The average Bonchev–Trinajstić information content (AvgIpc) is 3.14. The number of amides is 1. The van der Waals surface area contributed by atoms with Gasteiger partial charge in [-0.05, 0) is 66.7 Å². The van der Waals surface area contributed by atoms with Crippen LogP contribution in [0.15, 0.2) is 144 Å². The Hall–Kier alpha value is -7.33. The van der Waals surface area contributed by atoms with Crippen LogP contribution in [-0.4, -0.2) is 52.3 Å². The largest absolute Gasteiger partial charge is 0.508 e. The maximum atomic E-state index is 13.0. The zero-order valence-electron chi connectivity index (χ0n) is 28.1. The van der Waals surface area contributed by atoms with Crippen molar-refractivity contribution in [2.24, 2.45) is 30.7 Å². The van der Waals surface area contributed by atoms with E-state index in [1.54, 1.807) is 30.3 Å². The minimum Gasteiger partial charge on any atom is -0.508 e. The molecule has 21 heteroatoms. The van der Waals surface area contributed by atoms with E-state index in [2.05, 4.69) is 36.0 Å². The highest BCUT2D eigenvalue weighted by Crippen LogP contribution is 2.46. The summed E-state index contributed by atoms with van der Waals surface area (Å²) in [5, 5.41) is 65.6. The van der Waals surface area contributed by atoms with E-state index in [1.165, 1.54) is 42.5 Å². The molecule has 6 aromatic carbocycles. The summed E-state index contributed by atoms with van der Waals surface area (Å²) in [6.45, 7) is 0. The molecule has 0 fully saturated rings. The summed E-state index contributed by atoms with van der Waals surface area (Å²) in [5.41, 5.74) is 5.22. The molecule has 0 saturated carbocycles. The lowest BCUT2D eigenvalue weighted by Crippen LogP contribution is -2.12. The van der Waals surface area contributed by atoms with E-state index in [-0.39, 0.29) is 50.5 Å². The van der Waals surface area contributed by atoms with Crippen molar-refractivity contribution in [1.82, 2.24) is 0 Å². The number of nitrogens with zero attached hydrogens (tertiary/aromatic N) is 6. The molecule has 0 aliphatic rings. The Morgan fingerprint density at radius 1 is 0.589 bits per heavy atom. The first-order valence-electron chi connectivity index (χ1n) is 15.6. The number of carbonyl (C=O) groups excluding carboxylic acids is 1. The van der Waals surface area contributed by atoms with Crippen LogP contribution in [0.4, 0.5) is 45.5 Å². The van der Waals surface area contributed by atoms with Gasteiger partial charge in [-0.25, -0.2) is 0 Å². The van der Waals surface area contributed by atoms with Crippen molar-refractivity contribution in [3.05, 3.63) is 109 Å². The number of phenolic OH excluding ortho intramolecular Hbond substituents is 4. The molecule has 0 spiro atoms. The van der Waals surface area contributed by atoms with Gasteiger partial charge >= 0.3 is 0 Å². The third kappa shape index (κ3) is 8.40. The van der Waals surface area contributed by atoms with Gasteiger partial charge in [-0.15, -0.1) is 20.5 Å². The minimum atomic E-state index is -5.03. The molecule has 19 nitrogen and oxygen atoms in total. The SMILES string of the molecule is Nc1c(N=Nc2ccc(NC(=O)c3ccc(N=Nc4c(O)cc(O)cc4O)cc3)cc2S(=O)(=O)O)cc(S(=O)(=O)O)c2ccc(N=Nc3ccccc3)c(O)c12. The molecule has 6 rings (SSSR count). The Balaban J connectivity index is 1.28. The number of aromatic hydroxyl groups is 4. The summed E-state index contributed by atoms with van der Waals surface area (Å²) in [4.78, 5) is 11.4. The van der Waals surface area contributed by atoms with Crippen molar-refractivity contribution in [1.29, 1.82) is 0 Å². The number of hydrogen-bond donors (Lipinski definition) is 8. The van der Waals surface area contributed by atoms with Crippen LogP contribution in [0.2, 0.25) is 0 Å². The molecule has 0 heterocycles. The molecule has 0 aliphatic carbocycles. The van der Waals surface area contributed by atoms with Gasteiger partial charge < -0.3 is 31.5 Å². The average molecular weight is 799 g/mol. The van der Waals surface area contributed by atoms with Crippen molar-refractivity contribution in [3.8, 4) is 23.0 Å². The van der Waals surface area contributed by atoms with E-state index >= 15 is 0 Å². The van der Waals surface area contributed by atoms with Crippen molar-refractivity contribution < 1.29 is 51.2 Å². The number of benzene rings is 6. The molecule has 1 amide bonds. The van der Waals surface area contributed by atoms with Crippen LogP contribution in [0.1, 0.15) is 10.4 Å². The van der Waals surface area contributed by atoms with Gasteiger partial charge in [-0.2, -0.15) is 27.1 Å². The number of anilines is 2. The van der Waals surface area contributed by atoms with Crippen LogP contribution in [0.25, 0.3) is 10.8 Å². The van der Waals surface area contributed by atoms with E-state index in [0.29, 0.717) is 5.69 Å². The molecule has 0 bridgehead atoms. The zero-order chi connectivity index (χ0) is 40.4. The first-order chi connectivity index (χ1) is 26.5. The monoisotopic (exact) mass is 798 g/mol. The van der Waals surface area contributed by atoms with E-state index < -0.39 is 64.6 Å². The van der Waals surface area contributed by atoms with Crippen molar-refractivity contribution >= 4 is 82.4 Å². The van der Waals surface area contributed by atoms with Gasteiger partial charge in [0, 0.05) is 28.8 Å². The molecular formula is C35H26N8O11S2. The lowest BCUT2D eigenvalue weighted by Gasteiger charge is -2.12. The molecule has 0 aromatic heterocycles. The summed E-state index contributed by atoms with van der Waals surface area (Å²) in [7, 11) is -9.99. The summed E-state index contributed by atoms with van der Waals surface area (Å²) >= 11 is 0. The number of carbonyl (C=O) groups is 1. The van der Waals surface area contributed by atoms with Gasteiger partial charge in [-0.3, -0.25) is 13.9 Å². The van der Waals surface area contributed by atoms with Gasteiger partial charge in [0.2, 0.25) is 0 Å². The highest BCUT2D eigenvalue weighted by molar-refractivity contribution is 7.86. The topological polar surface area (TPSA) is 319 Å². The van der Waals surface area contributed by atoms with Gasteiger partial charge in [0.15, 0.2) is 22.9 Å². The van der Waals surface area contributed by atoms with Crippen LogP contribution in [0.5, 0.6) is 23.0 Å². The fourth-order valence-electron chi connectivity index (χ4n) is 5.12. The second kappa shape index (κ2) is 15.2. The number of rotatable bonds is 10. The Kier molecular flexibility index (Phi) is 10.4. The molecule has 6 aromatic rings. The quantitative estimate of drug-likeness (QED) is 0.0369. The number of hydrogen-bond acceptors (Lipinski definition) is 16. The van der Waals surface area contributed by atoms with Crippen LogP contribution >= 0.6 is 0 Å². The summed E-state index contributed by atoms with van der Waals surface area (Å²) < 4.78 is 69.5. The van der Waals surface area contributed by atoms with E-state index in [9.17, 15) is 51.2 Å². The normalized spacial score (nSPS) is 12.2. The molecule has 9 N–H and O–H groups in total. The van der Waals surface area contributed by atoms with Crippen molar-refractivity contribution in [3.63, 3.8) is 0 Å². The maximum absolute atomic E-state index is 13.0. The Morgan fingerprint density at radius 3 is 1.80 bits per heavy atom. The van der Waals surface area contributed by atoms with Crippen LogP contribution in [-0.2, 0) is 20.2 Å². The third-order valence-corrected chi connectivity index (χ3v) is 9.53. The predicted molar refractivity (Wildman–Crippen MR) is 201 cm³/mol. The molecule has 56 heavy (non-hydrogen) atoms. The molecule has 0 saturated heterocycles. The van der Waals surface area contributed by atoms with Gasteiger partial charge in [-0.1, -0.05) is 24.3 Å². The lowest BCUT2D eigenvalue weighted by atomic mass is 10.1. The van der Waals surface area contributed by atoms with Gasteiger partial charge in [0.05, 0.1) is 22.4 Å². The number of nitrogen functional groups attached to an aromatic ring is 1. The lowest BCUT2D eigenvalue weighted by molar-refractivity contribution is 0.102. The highest BCUT2D eigenvalue weighted by Gasteiger charge is 2.23. The molecular weight excluding hydrogens is 773 g/mol. The Morgan fingerprint density at radius 2 is 1.16 bits per heavy atom. The van der Waals surface area contributed by atoms with E-state index in [4.69, 9.17) is 5.73 Å². The number of nitrogens with two attached hydrogens (primary N) is 1. The number of fused-ring (bicyclic) bond motifs is 1. The zero-order valence-corrected chi connectivity index (χ0v) is 29.7. The summed E-state index contributed by atoms with van der Waals surface area (Å²) in [6.07, 6.45) is 0. The van der Waals surface area contributed by atoms with Crippen LogP contribution < -0.4 is 11.1 Å².